The summed E-state index contributed by atoms with van der Waals surface area (Å²) in [5.41, 5.74) is 4.72. The quantitative estimate of drug-likeness (QED) is 0.822. The van der Waals surface area contributed by atoms with Crippen LogP contribution in [0.25, 0.3) is 0 Å². The summed E-state index contributed by atoms with van der Waals surface area (Å²) < 4.78 is 5.68. The van der Waals surface area contributed by atoms with E-state index in [1.165, 1.54) is 57.1 Å². The second kappa shape index (κ2) is 5.96. The van der Waals surface area contributed by atoms with Crippen LogP contribution >= 0.6 is 0 Å². The van der Waals surface area contributed by atoms with Crippen molar-refractivity contribution < 1.29 is 4.74 Å². The van der Waals surface area contributed by atoms with Crippen LogP contribution in [0.15, 0.2) is 12.1 Å². The van der Waals surface area contributed by atoms with E-state index < -0.39 is 0 Å². The SMILES string of the molecule is COc1ccc2c(c1C1CCCNC1)CCCCC2. The Kier molecular flexibility index (Phi) is 4.07. The monoisotopic (exact) mass is 259 g/mol. The standard InChI is InChI=1S/C17H25NO/c1-19-16-10-9-13-6-3-2-4-8-15(13)17(16)14-7-5-11-18-12-14/h9-10,14,18H,2-8,11-12H2,1H3. The average Bonchev–Trinajstić information content (AvgIpc) is 2.72. The Morgan fingerprint density at radius 3 is 2.79 bits per heavy atom. The molecule has 1 aromatic carbocycles. The lowest BCUT2D eigenvalue weighted by molar-refractivity contribution is 0.390. The van der Waals surface area contributed by atoms with E-state index in [2.05, 4.69) is 17.4 Å². The molecule has 2 nitrogen and oxygen atoms in total. The largest absolute Gasteiger partial charge is 0.496 e. The number of nitrogens with one attached hydrogen (secondary N) is 1. The van der Waals surface area contributed by atoms with Gasteiger partial charge in [-0.25, -0.2) is 0 Å². The molecule has 2 aliphatic rings. The molecule has 1 N–H and O–H groups in total. The van der Waals surface area contributed by atoms with Gasteiger partial charge in [-0.1, -0.05) is 12.5 Å². The molecule has 0 aromatic heterocycles. The number of aryl methyl sites for hydroxylation is 1. The third-order valence-electron chi connectivity index (χ3n) is 4.71. The molecule has 1 aliphatic carbocycles. The van der Waals surface area contributed by atoms with Crippen LogP contribution in [0.3, 0.4) is 0 Å². The maximum atomic E-state index is 5.68. The molecule has 0 bridgehead atoms. The minimum atomic E-state index is 0.650. The van der Waals surface area contributed by atoms with Gasteiger partial charge in [-0.15, -0.1) is 0 Å². The van der Waals surface area contributed by atoms with Crippen molar-refractivity contribution in [2.75, 3.05) is 20.2 Å². The van der Waals surface area contributed by atoms with Gasteiger partial charge in [0.2, 0.25) is 0 Å². The van der Waals surface area contributed by atoms with E-state index in [1.54, 1.807) is 11.1 Å². The molecule has 3 rings (SSSR count). The molecule has 1 saturated heterocycles. The molecule has 0 amide bonds. The van der Waals surface area contributed by atoms with Gasteiger partial charge >= 0.3 is 0 Å². The number of hydrogen-bond donors (Lipinski definition) is 1. The normalized spacial score (nSPS) is 23.5. The number of benzene rings is 1. The van der Waals surface area contributed by atoms with Crippen molar-refractivity contribution in [3.63, 3.8) is 0 Å². The summed E-state index contributed by atoms with van der Waals surface area (Å²) in [6.45, 7) is 2.29. The van der Waals surface area contributed by atoms with Crippen molar-refractivity contribution in [1.82, 2.24) is 5.32 Å². The van der Waals surface area contributed by atoms with Crippen LogP contribution in [0.4, 0.5) is 0 Å². The summed E-state index contributed by atoms with van der Waals surface area (Å²) >= 11 is 0. The molecule has 104 valence electrons. The smallest absolute Gasteiger partial charge is 0.122 e. The van der Waals surface area contributed by atoms with Crippen molar-refractivity contribution >= 4 is 0 Å². The predicted molar refractivity (Wildman–Crippen MR) is 79.1 cm³/mol. The van der Waals surface area contributed by atoms with Gasteiger partial charge in [-0.2, -0.15) is 0 Å². The van der Waals surface area contributed by atoms with Gasteiger partial charge in [0.15, 0.2) is 0 Å². The third-order valence-corrected chi connectivity index (χ3v) is 4.71. The van der Waals surface area contributed by atoms with Gasteiger partial charge in [-0.3, -0.25) is 0 Å². The second-order valence-electron chi connectivity index (χ2n) is 5.92. The van der Waals surface area contributed by atoms with Gasteiger partial charge in [0, 0.05) is 18.0 Å². The maximum absolute atomic E-state index is 5.68. The highest BCUT2D eigenvalue weighted by atomic mass is 16.5. The number of ether oxygens (including phenoxy) is 1. The molecule has 1 atom stereocenters. The number of rotatable bonds is 2. The van der Waals surface area contributed by atoms with E-state index in [9.17, 15) is 0 Å². The highest BCUT2D eigenvalue weighted by Crippen LogP contribution is 2.38. The third kappa shape index (κ3) is 2.64. The Labute approximate surface area is 116 Å². The average molecular weight is 259 g/mol. The van der Waals surface area contributed by atoms with Crippen LogP contribution < -0.4 is 10.1 Å². The highest BCUT2D eigenvalue weighted by Gasteiger charge is 2.24. The lowest BCUT2D eigenvalue weighted by atomic mass is 9.84. The summed E-state index contributed by atoms with van der Waals surface area (Å²) in [6.07, 6.45) is 9.16. The van der Waals surface area contributed by atoms with Crippen LogP contribution in [0.1, 0.15) is 54.7 Å². The van der Waals surface area contributed by atoms with Gasteiger partial charge in [0.25, 0.3) is 0 Å². The summed E-state index contributed by atoms with van der Waals surface area (Å²) in [5, 5.41) is 3.55. The summed E-state index contributed by atoms with van der Waals surface area (Å²) in [5.74, 6) is 1.77. The summed E-state index contributed by atoms with van der Waals surface area (Å²) in [6, 6.07) is 4.51. The van der Waals surface area contributed by atoms with Crippen LogP contribution in [-0.4, -0.2) is 20.2 Å². The molecule has 0 radical (unpaired) electrons. The zero-order chi connectivity index (χ0) is 13.1. The maximum Gasteiger partial charge on any atom is 0.122 e. The number of piperidine rings is 1. The molecule has 0 spiro atoms. The Bertz CT molecular complexity index is 435. The number of hydrogen-bond acceptors (Lipinski definition) is 2. The van der Waals surface area contributed by atoms with Crippen LogP contribution in [0, 0.1) is 0 Å². The number of methoxy groups -OCH3 is 1. The molecular formula is C17H25NO. The van der Waals surface area contributed by atoms with Gasteiger partial charge < -0.3 is 10.1 Å². The molecule has 1 heterocycles. The fourth-order valence-corrected chi connectivity index (χ4v) is 3.74. The van der Waals surface area contributed by atoms with E-state index in [0.29, 0.717) is 5.92 Å². The van der Waals surface area contributed by atoms with Crippen molar-refractivity contribution in [2.24, 2.45) is 0 Å². The Hall–Kier alpha value is -1.02. The van der Waals surface area contributed by atoms with Gasteiger partial charge in [0.1, 0.15) is 5.75 Å². The topological polar surface area (TPSA) is 21.3 Å². The van der Waals surface area contributed by atoms with E-state index >= 15 is 0 Å². The first-order chi connectivity index (χ1) is 9.40. The van der Waals surface area contributed by atoms with E-state index in [-0.39, 0.29) is 0 Å². The molecule has 1 aliphatic heterocycles. The van der Waals surface area contributed by atoms with Gasteiger partial charge in [-0.05, 0) is 62.3 Å². The number of fused-ring (bicyclic) bond motifs is 1. The molecular weight excluding hydrogens is 234 g/mol. The first kappa shape index (κ1) is 13.0. The summed E-state index contributed by atoms with van der Waals surface area (Å²) in [7, 11) is 1.82. The fourth-order valence-electron chi connectivity index (χ4n) is 3.74. The highest BCUT2D eigenvalue weighted by molar-refractivity contribution is 5.48. The van der Waals surface area contributed by atoms with Gasteiger partial charge in [0.05, 0.1) is 7.11 Å². The minimum Gasteiger partial charge on any atom is -0.496 e. The second-order valence-corrected chi connectivity index (χ2v) is 5.92. The Balaban J connectivity index is 2.02. The van der Waals surface area contributed by atoms with Crippen molar-refractivity contribution in [3.8, 4) is 5.75 Å². The van der Waals surface area contributed by atoms with Crippen LogP contribution in [0.5, 0.6) is 5.75 Å². The molecule has 2 heteroatoms. The summed E-state index contributed by atoms with van der Waals surface area (Å²) in [4.78, 5) is 0. The first-order valence-electron chi connectivity index (χ1n) is 7.79. The Morgan fingerprint density at radius 2 is 2.00 bits per heavy atom. The van der Waals surface area contributed by atoms with Crippen molar-refractivity contribution in [3.05, 3.63) is 28.8 Å². The molecule has 1 aromatic rings. The Morgan fingerprint density at radius 1 is 1.11 bits per heavy atom. The molecule has 19 heavy (non-hydrogen) atoms. The first-order valence-corrected chi connectivity index (χ1v) is 7.79. The van der Waals surface area contributed by atoms with E-state index in [1.807, 2.05) is 7.11 Å². The molecule has 0 saturated carbocycles. The van der Waals surface area contributed by atoms with Crippen molar-refractivity contribution in [1.29, 1.82) is 0 Å². The lowest BCUT2D eigenvalue weighted by Gasteiger charge is -2.28. The molecule has 1 unspecified atom stereocenters. The lowest BCUT2D eigenvalue weighted by Crippen LogP contribution is -2.29. The van der Waals surface area contributed by atoms with Crippen molar-refractivity contribution in [2.45, 2.75) is 50.9 Å². The predicted octanol–water partition coefficient (Wildman–Crippen LogP) is 3.43. The zero-order valence-electron chi connectivity index (χ0n) is 12.0. The van der Waals surface area contributed by atoms with Crippen LogP contribution in [0.2, 0.25) is 0 Å². The fraction of sp³-hybridized carbons (Fsp3) is 0.647. The van der Waals surface area contributed by atoms with Crippen LogP contribution in [-0.2, 0) is 12.8 Å². The van der Waals surface area contributed by atoms with E-state index in [0.717, 1.165) is 12.3 Å². The minimum absolute atomic E-state index is 0.650. The van der Waals surface area contributed by atoms with E-state index in [4.69, 9.17) is 4.74 Å². The molecule has 1 fully saturated rings. The zero-order valence-corrected chi connectivity index (χ0v) is 12.0.